The Bertz CT molecular complexity index is 899. The molecule has 1 unspecified atom stereocenters. The van der Waals surface area contributed by atoms with Crippen LogP contribution < -0.4 is 4.74 Å². The van der Waals surface area contributed by atoms with Crippen LogP contribution in [0.4, 0.5) is 0 Å². The lowest BCUT2D eigenvalue weighted by atomic mass is 10.0. The summed E-state index contributed by atoms with van der Waals surface area (Å²) < 4.78 is 6.87. The normalized spacial score (nSPS) is 12.0. The molecule has 5 heteroatoms. The molecule has 0 amide bonds. The monoisotopic (exact) mass is 337 g/mol. The van der Waals surface area contributed by atoms with Gasteiger partial charge in [0.1, 0.15) is 11.8 Å². The molecule has 3 rings (SSSR count). The fourth-order valence-electron chi connectivity index (χ4n) is 3.07. The van der Waals surface area contributed by atoms with Gasteiger partial charge in [0.25, 0.3) is 0 Å². The van der Waals surface area contributed by atoms with Crippen LogP contribution in [0.3, 0.4) is 0 Å². The summed E-state index contributed by atoms with van der Waals surface area (Å²) in [5, 5.41) is 10.4. The number of aliphatic carboxylic acids is 1. The summed E-state index contributed by atoms with van der Waals surface area (Å²) in [5.74, 6) is -0.286. The second kappa shape index (κ2) is 7.21. The van der Waals surface area contributed by atoms with E-state index in [4.69, 9.17) is 4.74 Å². The number of rotatable bonds is 7. The Balaban J connectivity index is 1.98. The molecule has 0 spiro atoms. The first kappa shape index (κ1) is 16.8. The van der Waals surface area contributed by atoms with Crippen molar-refractivity contribution in [1.29, 1.82) is 0 Å². The average molecular weight is 337 g/mol. The van der Waals surface area contributed by atoms with Crippen LogP contribution in [0, 0.1) is 0 Å². The van der Waals surface area contributed by atoms with E-state index in [0.717, 1.165) is 11.8 Å². The summed E-state index contributed by atoms with van der Waals surface area (Å²) in [6, 6.07) is 14.3. The highest BCUT2D eigenvalue weighted by molar-refractivity contribution is 5.99. The Morgan fingerprint density at radius 2 is 2.00 bits per heavy atom. The van der Waals surface area contributed by atoms with Gasteiger partial charge < -0.3 is 14.4 Å². The van der Waals surface area contributed by atoms with Crippen LogP contribution in [-0.4, -0.2) is 29.0 Å². The minimum Gasteiger partial charge on any atom is -0.497 e. The molecule has 0 bridgehead atoms. The first-order chi connectivity index (χ1) is 12.1. The van der Waals surface area contributed by atoms with Crippen molar-refractivity contribution in [2.75, 3.05) is 7.11 Å². The van der Waals surface area contributed by atoms with Crippen molar-refractivity contribution in [2.45, 2.75) is 18.9 Å². The molecule has 2 aromatic carbocycles. The van der Waals surface area contributed by atoms with Gasteiger partial charge in [0.2, 0.25) is 0 Å². The molecule has 5 nitrogen and oxygen atoms in total. The predicted octanol–water partition coefficient (Wildman–Crippen LogP) is 3.72. The van der Waals surface area contributed by atoms with Gasteiger partial charge in [-0.3, -0.25) is 4.79 Å². The Morgan fingerprint density at radius 1 is 1.24 bits per heavy atom. The van der Waals surface area contributed by atoms with Gasteiger partial charge in [0, 0.05) is 22.7 Å². The summed E-state index contributed by atoms with van der Waals surface area (Å²) in [6.45, 7) is 0. The van der Waals surface area contributed by atoms with Crippen molar-refractivity contribution < 1.29 is 19.4 Å². The third kappa shape index (κ3) is 3.40. The Labute approximate surface area is 145 Å². The van der Waals surface area contributed by atoms with Gasteiger partial charge in [-0.05, 0) is 36.6 Å². The number of carboxylic acid groups (broad SMARTS) is 1. The van der Waals surface area contributed by atoms with E-state index in [-0.39, 0.29) is 0 Å². The number of carboxylic acids is 1. The van der Waals surface area contributed by atoms with E-state index in [1.807, 2.05) is 30.3 Å². The number of aldehydes is 1. The molecule has 1 atom stereocenters. The van der Waals surface area contributed by atoms with Crippen molar-refractivity contribution in [3.63, 3.8) is 0 Å². The van der Waals surface area contributed by atoms with E-state index in [2.05, 4.69) is 0 Å². The quantitative estimate of drug-likeness (QED) is 0.667. The van der Waals surface area contributed by atoms with Crippen LogP contribution in [-0.2, 0) is 11.2 Å². The number of aryl methyl sites for hydroxylation is 1. The van der Waals surface area contributed by atoms with E-state index >= 15 is 0 Å². The fraction of sp³-hybridized carbons (Fsp3) is 0.200. The lowest BCUT2D eigenvalue weighted by molar-refractivity contribution is -0.141. The zero-order chi connectivity index (χ0) is 17.8. The molecule has 1 N–H and O–H groups in total. The number of fused-ring (bicyclic) bond motifs is 1. The number of aromatic nitrogens is 1. The molecule has 0 saturated heterocycles. The van der Waals surface area contributed by atoms with E-state index in [9.17, 15) is 14.7 Å². The molecule has 0 fully saturated rings. The summed E-state index contributed by atoms with van der Waals surface area (Å²) in [5.41, 5.74) is 2.26. The maximum absolute atomic E-state index is 11.9. The molecule has 3 aromatic rings. The highest BCUT2D eigenvalue weighted by Crippen LogP contribution is 2.29. The average Bonchev–Trinajstić information content (AvgIpc) is 3.00. The summed E-state index contributed by atoms with van der Waals surface area (Å²) in [7, 11) is 1.55. The molecule has 0 aliphatic heterocycles. The zero-order valence-electron chi connectivity index (χ0n) is 13.9. The summed E-state index contributed by atoms with van der Waals surface area (Å²) in [6.07, 6.45) is 3.44. The number of ether oxygens (including phenoxy) is 1. The Hall–Kier alpha value is -3.08. The molecule has 0 aliphatic rings. The topological polar surface area (TPSA) is 68.5 Å². The summed E-state index contributed by atoms with van der Waals surface area (Å²) in [4.78, 5) is 23.3. The lowest BCUT2D eigenvalue weighted by Crippen LogP contribution is -2.19. The van der Waals surface area contributed by atoms with Gasteiger partial charge in [0.05, 0.1) is 7.11 Å². The van der Waals surface area contributed by atoms with Crippen molar-refractivity contribution in [1.82, 2.24) is 4.57 Å². The van der Waals surface area contributed by atoms with E-state index in [1.54, 1.807) is 36.1 Å². The SMILES string of the molecule is COc1ccc2c(c1)c(C=O)cn2C(CCc1ccccc1)C(=O)O. The van der Waals surface area contributed by atoms with E-state index < -0.39 is 12.0 Å². The van der Waals surface area contributed by atoms with Crippen LogP contribution in [0.15, 0.2) is 54.7 Å². The number of benzene rings is 2. The first-order valence-electron chi connectivity index (χ1n) is 8.04. The van der Waals surface area contributed by atoms with Gasteiger partial charge in [-0.25, -0.2) is 4.79 Å². The van der Waals surface area contributed by atoms with Gasteiger partial charge >= 0.3 is 5.97 Å². The smallest absolute Gasteiger partial charge is 0.326 e. The van der Waals surface area contributed by atoms with Crippen molar-refractivity contribution in [2.24, 2.45) is 0 Å². The second-order valence-corrected chi connectivity index (χ2v) is 5.87. The Kier molecular flexibility index (Phi) is 4.84. The maximum Gasteiger partial charge on any atom is 0.326 e. The Morgan fingerprint density at radius 3 is 2.64 bits per heavy atom. The minimum atomic E-state index is -0.916. The highest BCUT2D eigenvalue weighted by atomic mass is 16.5. The largest absolute Gasteiger partial charge is 0.497 e. The van der Waals surface area contributed by atoms with Crippen molar-refractivity contribution in [3.05, 3.63) is 65.9 Å². The molecule has 0 aliphatic carbocycles. The number of carbonyl (C=O) groups is 2. The minimum absolute atomic E-state index is 0.438. The molecule has 0 radical (unpaired) electrons. The van der Waals surface area contributed by atoms with Crippen molar-refractivity contribution in [3.8, 4) is 5.75 Å². The molecular formula is C20H19NO4. The highest BCUT2D eigenvalue weighted by Gasteiger charge is 2.22. The van der Waals surface area contributed by atoms with Crippen LogP contribution in [0.25, 0.3) is 10.9 Å². The lowest BCUT2D eigenvalue weighted by Gasteiger charge is -2.16. The molecule has 1 aromatic heterocycles. The second-order valence-electron chi connectivity index (χ2n) is 5.87. The van der Waals surface area contributed by atoms with Crippen LogP contribution in [0.5, 0.6) is 5.75 Å². The van der Waals surface area contributed by atoms with Gasteiger partial charge in [-0.1, -0.05) is 30.3 Å². The summed E-state index contributed by atoms with van der Waals surface area (Å²) >= 11 is 0. The van der Waals surface area contributed by atoms with Crippen LogP contribution in [0.1, 0.15) is 28.4 Å². The number of nitrogens with zero attached hydrogens (tertiary/aromatic N) is 1. The first-order valence-corrected chi connectivity index (χ1v) is 8.04. The van der Waals surface area contributed by atoms with Gasteiger partial charge in [-0.15, -0.1) is 0 Å². The van der Waals surface area contributed by atoms with Gasteiger partial charge in [0.15, 0.2) is 6.29 Å². The molecule has 0 saturated carbocycles. The van der Waals surface area contributed by atoms with E-state index in [1.165, 1.54) is 0 Å². The molecule has 128 valence electrons. The molecule has 25 heavy (non-hydrogen) atoms. The van der Waals surface area contributed by atoms with Crippen molar-refractivity contribution >= 4 is 23.2 Å². The third-order valence-corrected chi connectivity index (χ3v) is 4.37. The standard InChI is InChI=1S/C20H19NO4/c1-25-16-8-10-18-17(11-16)15(13-22)12-21(18)19(20(23)24)9-7-14-5-3-2-4-6-14/h2-6,8,10-13,19H,7,9H2,1H3,(H,23,24). The molecular weight excluding hydrogens is 318 g/mol. The van der Waals surface area contributed by atoms with E-state index in [0.29, 0.717) is 35.1 Å². The maximum atomic E-state index is 11.9. The van der Waals surface area contributed by atoms with Crippen LogP contribution in [0.2, 0.25) is 0 Å². The number of hydrogen-bond donors (Lipinski definition) is 1. The number of carbonyl (C=O) groups excluding carboxylic acids is 1. The van der Waals surface area contributed by atoms with Crippen LogP contribution >= 0.6 is 0 Å². The fourth-order valence-corrected chi connectivity index (χ4v) is 3.07. The predicted molar refractivity (Wildman–Crippen MR) is 95.3 cm³/mol. The van der Waals surface area contributed by atoms with Gasteiger partial charge in [-0.2, -0.15) is 0 Å². The number of hydrogen-bond acceptors (Lipinski definition) is 3. The molecule has 1 heterocycles. The number of methoxy groups -OCH3 is 1. The zero-order valence-corrected chi connectivity index (χ0v) is 13.9. The third-order valence-electron chi connectivity index (χ3n) is 4.37.